The Morgan fingerprint density at radius 2 is 1.68 bits per heavy atom. The highest BCUT2D eigenvalue weighted by atomic mass is 16.7. The van der Waals surface area contributed by atoms with Crippen molar-refractivity contribution in [2.24, 2.45) is 5.41 Å². The number of rotatable bonds is 2. The monoisotopic (exact) mass is 391 g/mol. The number of aryl methyl sites for hydroxylation is 1. The van der Waals surface area contributed by atoms with E-state index in [1.54, 1.807) is 11.8 Å². The number of nitrogens with zero attached hydrogens (tertiary/aromatic N) is 3. The number of carbonyl (C=O) groups is 2. The number of hydrogen-bond donors (Lipinski definition) is 0. The summed E-state index contributed by atoms with van der Waals surface area (Å²) in [6.07, 6.45) is 6.57. The number of oxazole rings is 1. The quantitative estimate of drug-likeness (QED) is 0.766. The minimum Gasteiger partial charge on any atom is -0.448 e. The molecule has 1 atom stereocenters. The summed E-state index contributed by atoms with van der Waals surface area (Å²) >= 11 is 0. The largest absolute Gasteiger partial charge is 0.448 e. The van der Waals surface area contributed by atoms with Gasteiger partial charge in [0.2, 0.25) is 11.7 Å². The normalized spacial score (nSPS) is 27.8. The first kappa shape index (κ1) is 19.4. The zero-order chi connectivity index (χ0) is 19.8. The van der Waals surface area contributed by atoms with Crippen LogP contribution >= 0.6 is 0 Å². The number of morpholine rings is 2. The van der Waals surface area contributed by atoms with Crippen molar-refractivity contribution in [2.45, 2.75) is 51.7 Å². The molecule has 8 heteroatoms. The Labute approximate surface area is 165 Å². The second kappa shape index (κ2) is 7.48. The number of carbonyl (C=O) groups excluding carboxylic acids is 2. The van der Waals surface area contributed by atoms with Gasteiger partial charge >= 0.3 is 0 Å². The highest BCUT2D eigenvalue weighted by Crippen LogP contribution is 2.38. The average molecular weight is 391 g/mol. The summed E-state index contributed by atoms with van der Waals surface area (Å²) in [4.78, 5) is 33.7. The van der Waals surface area contributed by atoms with Gasteiger partial charge in [0, 0.05) is 18.5 Å². The van der Waals surface area contributed by atoms with Gasteiger partial charge in [0.05, 0.1) is 26.3 Å². The molecule has 1 aromatic heterocycles. The van der Waals surface area contributed by atoms with Crippen molar-refractivity contribution < 1.29 is 23.5 Å². The van der Waals surface area contributed by atoms with Crippen LogP contribution in [0.1, 0.15) is 55.3 Å². The first-order valence-electron chi connectivity index (χ1n) is 10.2. The fourth-order valence-electron chi connectivity index (χ4n) is 4.63. The van der Waals surface area contributed by atoms with Crippen molar-refractivity contribution >= 4 is 11.8 Å². The molecule has 2 amide bonds. The minimum atomic E-state index is -0.968. The van der Waals surface area contributed by atoms with Crippen molar-refractivity contribution in [2.75, 3.05) is 39.4 Å². The molecule has 28 heavy (non-hydrogen) atoms. The van der Waals surface area contributed by atoms with Gasteiger partial charge in [-0.1, -0.05) is 26.2 Å². The van der Waals surface area contributed by atoms with Crippen molar-refractivity contribution in [3.8, 4) is 0 Å². The van der Waals surface area contributed by atoms with E-state index in [4.69, 9.17) is 13.9 Å². The molecule has 2 saturated heterocycles. The lowest BCUT2D eigenvalue weighted by atomic mass is 9.74. The Morgan fingerprint density at radius 1 is 1.04 bits per heavy atom. The molecule has 1 unspecified atom stereocenters. The Morgan fingerprint density at radius 3 is 2.32 bits per heavy atom. The zero-order valence-corrected chi connectivity index (χ0v) is 16.7. The molecule has 3 heterocycles. The Bertz CT molecular complexity index is 738. The molecule has 1 saturated carbocycles. The van der Waals surface area contributed by atoms with Crippen LogP contribution in [0.25, 0.3) is 0 Å². The molecule has 3 aliphatic rings. The molecule has 0 N–H and O–H groups in total. The lowest BCUT2D eigenvalue weighted by Gasteiger charge is -2.49. The topological polar surface area (TPSA) is 85.1 Å². The van der Waals surface area contributed by atoms with Crippen LogP contribution in [0.3, 0.4) is 0 Å². The van der Waals surface area contributed by atoms with E-state index in [1.807, 2.05) is 4.90 Å². The van der Waals surface area contributed by atoms with Crippen LogP contribution in [0.5, 0.6) is 0 Å². The molecule has 1 aromatic rings. The number of aromatic nitrogens is 1. The van der Waals surface area contributed by atoms with Gasteiger partial charge in [0.1, 0.15) is 5.76 Å². The summed E-state index contributed by atoms with van der Waals surface area (Å²) < 4.78 is 17.1. The van der Waals surface area contributed by atoms with Crippen molar-refractivity contribution in [3.63, 3.8) is 0 Å². The van der Waals surface area contributed by atoms with Gasteiger partial charge in [0.15, 0.2) is 12.1 Å². The third kappa shape index (κ3) is 3.55. The van der Waals surface area contributed by atoms with Crippen LogP contribution in [0.2, 0.25) is 0 Å². The molecular weight excluding hydrogens is 362 g/mol. The second-order valence-electron chi connectivity index (χ2n) is 8.44. The summed E-state index contributed by atoms with van der Waals surface area (Å²) in [7, 11) is 0. The van der Waals surface area contributed by atoms with Crippen LogP contribution in [0.15, 0.2) is 10.8 Å². The van der Waals surface area contributed by atoms with Crippen LogP contribution in [-0.4, -0.2) is 71.8 Å². The zero-order valence-electron chi connectivity index (χ0n) is 16.7. The molecule has 0 bridgehead atoms. The van der Waals surface area contributed by atoms with E-state index in [0.717, 1.165) is 25.7 Å². The van der Waals surface area contributed by atoms with E-state index >= 15 is 0 Å². The maximum atomic E-state index is 13.3. The van der Waals surface area contributed by atoms with Crippen molar-refractivity contribution in [1.82, 2.24) is 14.8 Å². The van der Waals surface area contributed by atoms with Gasteiger partial charge in [-0.25, -0.2) is 4.98 Å². The molecule has 1 aliphatic carbocycles. The number of ether oxygens (including phenoxy) is 2. The maximum Gasteiger partial charge on any atom is 0.276 e. The molecule has 2 aliphatic heterocycles. The Hall–Kier alpha value is -1.93. The predicted octanol–water partition coefficient (Wildman–Crippen LogP) is 1.98. The van der Waals surface area contributed by atoms with Crippen molar-refractivity contribution in [3.05, 3.63) is 17.8 Å². The average Bonchev–Trinajstić information content (AvgIpc) is 3.13. The third-order valence-corrected chi connectivity index (χ3v) is 6.31. The summed E-state index contributed by atoms with van der Waals surface area (Å²) in [6.45, 7) is 6.23. The van der Waals surface area contributed by atoms with Gasteiger partial charge < -0.3 is 23.7 Å². The van der Waals surface area contributed by atoms with E-state index in [-0.39, 0.29) is 23.8 Å². The Kier molecular flexibility index (Phi) is 5.18. The lowest BCUT2D eigenvalue weighted by molar-refractivity contribution is -0.285. The van der Waals surface area contributed by atoms with Gasteiger partial charge in [0.25, 0.3) is 5.91 Å². The predicted molar refractivity (Wildman–Crippen MR) is 99.6 cm³/mol. The van der Waals surface area contributed by atoms with Crippen molar-refractivity contribution in [1.29, 1.82) is 0 Å². The van der Waals surface area contributed by atoms with E-state index < -0.39 is 5.79 Å². The minimum absolute atomic E-state index is 0.189. The highest BCUT2D eigenvalue weighted by molar-refractivity contribution is 5.93. The van der Waals surface area contributed by atoms with Crippen LogP contribution in [0, 0.1) is 12.3 Å². The van der Waals surface area contributed by atoms with Gasteiger partial charge in [-0.05, 0) is 19.8 Å². The fourth-order valence-corrected chi connectivity index (χ4v) is 4.63. The molecule has 1 spiro atoms. The molecule has 0 radical (unpaired) electrons. The second-order valence-corrected chi connectivity index (χ2v) is 8.44. The summed E-state index contributed by atoms with van der Waals surface area (Å²) in [6, 6.07) is 0. The highest BCUT2D eigenvalue weighted by Gasteiger charge is 2.47. The van der Waals surface area contributed by atoms with E-state index in [1.165, 1.54) is 12.8 Å². The lowest BCUT2D eigenvalue weighted by Crippen LogP contribution is -2.64. The summed E-state index contributed by atoms with van der Waals surface area (Å²) in [5.41, 5.74) is 0.0224. The molecule has 154 valence electrons. The van der Waals surface area contributed by atoms with E-state index in [0.29, 0.717) is 44.3 Å². The standard InChI is InChI=1S/C20H29N3O5/c1-15-16(21-14-26-15)17(24)22-8-10-27-20(12-22)13-23(9-11-28-20)18(25)19(2)6-4-3-5-7-19/h14H,3-13H2,1-2H3. The molecule has 8 nitrogen and oxygen atoms in total. The van der Waals surface area contributed by atoms with Crippen LogP contribution in [0.4, 0.5) is 0 Å². The van der Waals surface area contributed by atoms with E-state index in [2.05, 4.69) is 11.9 Å². The smallest absolute Gasteiger partial charge is 0.276 e. The summed E-state index contributed by atoms with van der Waals surface area (Å²) in [5.74, 6) is -0.476. The SMILES string of the molecule is Cc1ocnc1C(=O)N1CCOC2(C1)CN(C(=O)C1(C)CCCCC1)CCO2. The third-order valence-electron chi connectivity index (χ3n) is 6.31. The number of amides is 2. The van der Waals surface area contributed by atoms with Gasteiger partial charge in [-0.2, -0.15) is 0 Å². The first-order chi connectivity index (χ1) is 13.4. The molecule has 3 fully saturated rings. The number of hydrogen-bond acceptors (Lipinski definition) is 6. The fraction of sp³-hybridized carbons (Fsp3) is 0.750. The molecule has 0 aromatic carbocycles. The summed E-state index contributed by atoms with van der Waals surface area (Å²) in [5, 5.41) is 0. The van der Waals surface area contributed by atoms with Crippen LogP contribution in [-0.2, 0) is 14.3 Å². The Balaban J connectivity index is 1.47. The van der Waals surface area contributed by atoms with Crippen LogP contribution < -0.4 is 0 Å². The van der Waals surface area contributed by atoms with Gasteiger partial charge in [-0.3, -0.25) is 9.59 Å². The molecular formula is C20H29N3O5. The van der Waals surface area contributed by atoms with Gasteiger partial charge in [-0.15, -0.1) is 0 Å². The van der Waals surface area contributed by atoms with E-state index in [9.17, 15) is 9.59 Å². The molecule has 4 rings (SSSR count). The first-order valence-corrected chi connectivity index (χ1v) is 10.2. The maximum absolute atomic E-state index is 13.3.